The molecule has 0 saturated carbocycles. The predicted molar refractivity (Wildman–Crippen MR) is 83.6 cm³/mol. The van der Waals surface area contributed by atoms with Crippen molar-refractivity contribution in [2.45, 2.75) is 19.3 Å². The summed E-state index contributed by atoms with van der Waals surface area (Å²) in [4.78, 5) is 15.8. The number of aliphatic carboxylic acids is 1. The Balaban J connectivity index is 2.31. The quantitative estimate of drug-likeness (QED) is 0.864. The Labute approximate surface area is 131 Å². The summed E-state index contributed by atoms with van der Waals surface area (Å²) in [5.41, 5.74) is 1.41. The van der Waals surface area contributed by atoms with Crippen LogP contribution < -0.4 is 4.74 Å². The van der Waals surface area contributed by atoms with Gasteiger partial charge >= 0.3 is 5.97 Å². The van der Waals surface area contributed by atoms with Gasteiger partial charge in [0.15, 0.2) is 0 Å². The molecule has 0 spiro atoms. The molecule has 1 unspecified atom stereocenters. The largest absolute Gasteiger partial charge is 0.492 e. The van der Waals surface area contributed by atoms with E-state index in [9.17, 15) is 9.90 Å². The molecule has 110 valence electrons. The van der Waals surface area contributed by atoms with Gasteiger partial charge in [-0.05, 0) is 43.2 Å². The van der Waals surface area contributed by atoms with Gasteiger partial charge in [0.1, 0.15) is 11.7 Å². The van der Waals surface area contributed by atoms with E-state index < -0.39 is 11.9 Å². The Hall–Kier alpha value is -1.88. The second kappa shape index (κ2) is 7.22. The molecule has 0 amide bonds. The highest BCUT2D eigenvalue weighted by molar-refractivity contribution is 9.10. The summed E-state index contributed by atoms with van der Waals surface area (Å²) in [5.74, 6) is -1.10. The van der Waals surface area contributed by atoms with Crippen LogP contribution in [0.25, 0.3) is 0 Å². The molecule has 1 aromatic carbocycles. The number of hydrogen-bond acceptors (Lipinski definition) is 3. The van der Waals surface area contributed by atoms with Crippen molar-refractivity contribution < 1.29 is 14.6 Å². The fraction of sp³-hybridized carbons (Fsp3) is 0.250. The number of hydrogen-bond donors (Lipinski definition) is 1. The first-order valence-corrected chi connectivity index (χ1v) is 7.46. The van der Waals surface area contributed by atoms with Crippen LogP contribution in [0.2, 0.25) is 0 Å². The Bertz CT molecular complexity index is 613. The van der Waals surface area contributed by atoms with Crippen LogP contribution in [0, 0.1) is 0 Å². The first kappa shape index (κ1) is 15.5. The highest BCUT2D eigenvalue weighted by atomic mass is 79.9. The molecule has 1 N–H and O–H groups in total. The van der Waals surface area contributed by atoms with Crippen molar-refractivity contribution in [3.63, 3.8) is 0 Å². The second-order valence-electron chi connectivity index (χ2n) is 4.54. The molecule has 21 heavy (non-hydrogen) atoms. The molecule has 1 atom stereocenters. The molecule has 0 radical (unpaired) electrons. The minimum Gasteiger partial charge on any atom is -0.492 e. The summed E-state index contributed by atoms with van der Waals surface area (Å²) in [6.45, 7) is 2.34. The van der Waals surface area contributed by atoms with Crippen LogP contribution in [0.15, 0.2) is 47.1 Å². The van der Waals surface area contributed by atoms with E-state index in [-0.39, 0.29) is 0 Å². The minimum absolute atomic E-state index is 0.375. The first-order valence-electron chi connectivity index (χ1n) is 6.66. The van der Waals surface area contributed by atoms with Crippen LogP contribution >= 0.6 is 15.9 Å². The fourth-order valence-electron chi connectivity index (χ4n) is 2.10. The number of pyridine rings is 1. The molecular formula is C16H16BrNO3. The maximum absolute atomic E-state index is 11.6. The molecule has 2 rings (SSSR count). The number of carboxylic acids is 1. The average Bonchev–Trinajstić information content (AvgIpc) is 2.47. The lowest BCUT2D eigenvalue weighted by molar-refractivity contribution is -0.138. The van der Waals surface area contributed by atoms with Crippen molar-refractivity contribution in [2.75, 3.05) is 6.61 Å². The third-order valence-electron chi connectivity index (χ3n) is 3.08. The SMILES string of the molecule is CCOc1cccnc1C(Cc1ccc(Br)cc1)C(=O)O. The van der Waals surface area contributed by atoms with Gasteiger partial charge in [-0.2, -0.15) is 0 Å². The van der Waals surface area contributed by atoms with Gasteiger partial charge in [-0.15, -0.1) is 0 Å². The van der Waals surface area contributed by atoms with Crippen molar-refractivity contribution in [2.24, 2.45) is 0 Å². The number of aromatic nitrogens is 1. The van der Waals surface area contributed by atoms with Crippen LogP contribution in [0.3, 0.4) is 0 Å². The molecule has 1 heterocycles. The smallest absolute Gasteiger partial charge is 0.313 e. The van der Waals surface area contributed by atoms with E-state index in [1.54, 1.807) is 18.3 Å². The topological polar surface area (TPSA) is 59.4 Å². The van der Waals surface area contributed by atoms with Gasteiger partial charge in [0, 0.05) is 10.7 Å². The lowest BCUT2D eigenvalue weighted by Gasteiger charge is -2.15. The van der Waals surface area contributed by atoms with E-state index in [1.165, 1.54) is 0 Å². The standard InChI is InChI=1S/C16H16BrNO3/c1-2-21-14-4-3-9-18-15(14)13(16(19)20)10-11-5-7-12(17)8-6-11/h3-9,13H,2,10H2,1H3,(H,19,20). The summed E-state index contributed by atoms with van der Waals surface area (Å²) in [7, 11) is 0. The molecule has 0 aliphatic heterocycles. The van der Waals surface area contributed by atoms with Crippen LogP contribution in [-0.4, -0.2) is 22.7 Å². The van der Waals surface area contributed by atoms with Crippen molar-refractivity contribution in [1.29, 1.82) is 0 Å². The van der Waals surface area contributed by atoms with Gasteiger partial charge in [-0.3, -0.25) is 9.78 Å². The van der Waals surface area contributed by atoms with E-state index in [0.29, 0.717) is 24.5 Å². The maximum Gasteiger partial charge on any atom is 0.313 e. The van der Waals surface area contributed by atoms with Crippen molar-refractivity contribution in [3.8, 4) is 5.75 Å². The van der Waals surface area contributed by atoms with Gasteiger partial charge < -0.3 is 9.84 Å². The molecule has 0 aliphatic carbocycles. The normalized spacial score (nSPS) is 11.9. The van der Waals surface area contributed by atoms with E-state index in [0.717, 1.165) is 10.0 Å². The van der Waals surface area contributed by atoms with Crippen LogP contribution in [0.4, 0.5) is 0 Å². The fourth-order valence-corrected chi connectivity index (χ4v) is 2.36. The van der Waals surface area contributed by atoms with Crippen molar-refractivity contribution in [1.82, 2.24) is 4.98 Å². The molecule has 0 fully saturated rings. The molecule has 1 aromatic heterocycles. The molecule has 0 bridgehead atoms. The van der Waals surface area contributed by atoms with Crippen LogP contribution in [0.5, 0.6) is 5.75 Å². The zero-order valence-corrected chi connectivity index (χ0v) is 13.2. The lowest BCUT2D eigenvalue weighted by atomic mass is 9.95. The maximum atomic E-state index is 11.6. The Morgan fingerprint density at radius 2 is 2.05 bits per heavy atom. The third kappa shape index (κ3) is 4.04. The number of halogens is 1. The van der Waals surface area contributed by atoms with Crippen molar-refractivity contribution in [3.05, 3.63) is 58.3 Å². The number of carbonyl (C=O) groups is 1. The molecule has 5 heteroatoms. The summed E-state index contributed by atoms with van der Waals surface area (Å²) >= 11 is 3.37. The van der Waals surface area contributed by atoms with E-state index >= 15 is 0 Å². The molecular weight excluding hydrogens is 334 g/mol. The average molecular weight is 350 g/mol. The highest BCUT2D eigenvalue weighted by Crippen LogP contribution is 2.28. The van der Waals surface area contributed by atoms with Gasteiger partial charge in [0.25, 0.3) is 0 Å². The summed E-state index contributed by atoms with van der Waals surface area (Å²) < 4.78 is 6.46. The number of ether oxygens (including phenoxy) is 1. The van der Waals surface area contributed by atoms with Crippen molar-refractivity contribution >= 4 is 21.9 Å². The number of carboxylic acid groups (broad SMARTS) is 1. The predicted octanol–water partition coefficient (Wildman–Crippen LogP) is 3.65. The summed E-state index contributed by atoms with van der Waals surface area (Å²) in [6, 6.07) is 11.1. The number of benzene rings is 1. The zero-order valence-electron chi connectivity index (χ0n) is 11.6. The monoisotopic (exact) mass is 349 g/mol. The molecule has 0 aliphatic rings. The lowest BCUT2D eigenvalue weighted by Crippen LogP contribution is -2.17. The van der Waals surface area contributed by atoms with E-state index in [2.05, 4.69) is 20.9 Å². The Kier molecular flexibility index (Phi) is 5.33. The molecule has 2 aromatic rings. The zero-order chi connectivity index (χ0) is 15.2. The van der Waals surface area contributed by atoms with E-state index in [1.807, 2.05) is 31.2 Å². The summed E-state index contributed by atoms with van der Waals surface area (Å²) in [5, 5.41) is 9.53. The number of nitrogens with zero attached hydrogens (tertiary/aromatic N) is 1. The second-order valence-corrected chi connectivity index (χ2v) is 5.46. The highest BCUT2D eigenvalue weighted by Gasteiger charge is 2.25. The molecule has 4 nitrogen and oxygen atoms in total. The van der Waals surface area contributed by atoms with Gasteiger partial charge in [-0.25, -0.2) is 0 Å². The minimum atomic E-state index is -0.905. The van der Waals surface area contributed by atoms with Gasteiger partial charge in [0.2, 0.25) is 0 Å². The van der Waals surface area contributed by atoms with Gasteiger partial charge in [-0.1, -0.05) is 28.1 Å². The van der Waals surface area contributed by atoms with Gasteiger partial charge in [0.05, 0.1) is 12.3 Å². The van der Waals surface area contributed by atoms with Crippen LogP contribution in [-0.2, 0) is 11.2 Å². The third-order valence-corrected chi connectivity index (χ3v) is 3.61. The summed E-state index contributed by atoms with van der Waals surface area (Å²) in [6.07, 6.45) is 1.97. The Morgan fingerprint density at radius 3 is 2.67 bits per heavy atom. The molecule has 0 saturated heterocycles. The Morgan fingerprint density at radius 1 is 1.33 bits per heavy atom. The van der Waals surface area contributed by atoms with E-state index in [4.69, 9.17) is 4.74 Å². The number of rotatable bonds is 6. The first-order chi connectivity index (χ1) is 10.1. The van der Waals surface area contributed by atoms with Crippen LogP contribution in [0.1, 0.15) is 24.1 Å².